The molecular weight excluding hydrogens is 538 g/mol. The van der Waals surface area contributed by atoms with Gasteiger partial charge in [0.1, 0.15) is 11.6 Å². The first kappa shape index (κ1) is 34.6. The van der Waals surface area contributed by atoms with Gasteiger partial charge in [0.05, 0.1) is 12.7 Å². The molecule has 228 valence electrons. The molecule has 3 aromatic rings. The van der Waals surface area contributed by atoms with Crippen LogP contribution in [-0.2, 0) is 11.2 Å². The van der Waals surface area contributed by atoms with Gasteiger partial charge >= 0.3 is 0 Å². The van der Waals surface area contributed by atoms with Gasteiger partial charge in [-0.1, -0.05) is 44.2 Å². The van der Waals surface area contributed by atoms with Crippen molar-refractivity contribution in [2.45, 2.75) is 59.5 Å². The molecule has 0 aliphatic heterocycles. The first-order valence-electron chi connectivity index (χ1n) is 14.5. The van der Waals surface area contributed by atoms with E-state index in [-0.39, 0.29) is 18.4 Å². The monoisotopic (exact) mass is 582 g/mol. The number of nitrogens with zero attached hydrogens (tertiary/aromatic N) is 1. The molecule has 3 aromatic carbocycles. The van der Waals surface area contributed by atoms with Crippen molar-refractivity contribution in [3.8, 4) is 0 Å². The topological polar surface area (TPSA) is 78.9 Å². The predicted molar refractivity (Wildman–Crippen MR) is 163 cm³/mol. The first-order chi connectivity index (χ1) is 20.1. The lowest BCUT2D eigenvalue weighted by Crippen LogP contribution is -2.34. The number of ether oxygens (including phenoxy) is 1. The zero-order chi connectivity index (χ0) is 30.9. The smallest absolute Gasteiger partial charge is 0.253 e. The van der Waals surface area contributed by atoms with Gasteiger partial charge in [-0.2, -0.15) is 0 Å². The van der Waals surface area contributed by atoms with Crippen LogP contribution in [0, 0.1) is 25.5 Å². The normalized spacial score (nSPS) is 11.3. The summed E-state index contributed by atoms with van der Waals surface area (Å²) in [5.74, 6) is -1.39. The molecule has 6 nitrogen and oxygen atoms in total. The third-order valence-electron chi connectivity index (χ3n) is 6.34. The summed E-state index contributed by atoms with van der Waals surface area (Å²) in [6.45, 7) is 10.2. The van der Waals surface area contributed by atoms with Crippen LogP contribution in [0.3, 0.4) is 0 Å². The van der Waals surface area contributed by atoms with Crippen molar-refractivity contribution >= 4 is 11.8 Å². The summed E-state index contributed by atoms with van der Waals surface area (Å²) in [4.78, 5) is 27.4. The Morgan fingerprint density at radius 3 is 2.05 bits per heavy atom. The molecule has 0 aromatic heterocycles. The van der Waals surface area contributed by atoms with Gasteiger partial charge in [0.15, 0.2) is 0 Å². The number of amides is 2. The molecule has 8 heteroatoms. The second-order valence-corrected chi connectivity index (χ2v) is 10.3. The van der Waals surface area contributed by atoms with E-state index in [0.717, 1.165) is 30.9 Å². The van der Waals surface area contributed by atoms with Crippen LogP contribution >= 0.6 is 0 Å². The van der Waals surface area contributed by atoms with Gasteiger partial charge in [-0.05, 0) is 86.6 Å². The quantitative estimate of drug-likeness (QED) is 0.220. The third-order valence-corrected chi connectivity index (χ3v) is 6.34. The Morgan fingerprint density at radius 2 is 1.45 bits per heavy atom. The van der Waals surface area contributed by atoms with Crippen molar-refractivity contribution in [3.05, 3.63) is 106 Å². The fraction of sp³-hybridized carbons (Fsp3) is 0.412. The summed E-state index contributed by atoms with van der Waals surface area (Å²) < 4.78 is 30.0. The van der Waals surface area contributed by atoms with Crippen LogP contribution in [-0.4, -0.2) is 60.8 Å². The Labute approximate surface area is 248 Å². The van der Waals surface area contributed by atoms with E-state index < -0.39 is 17.7 Å². The molecule has 0 heterocycles. The summed E-state index contributed by atoms with van der Waals surface area (Å²) in [6, 6.07) is 18.7. The van der Waals surface area contributed by atoms with Crippen molar-refractivity contribution in [2.75, 3.05) is 32.8 Å². The number of benzene rings is 3. The minimum Gasteiger partial charge on any atom is -0.391 e. The molecule has 2 N–H and O–H groups in total. The van der Waals surface area contributed by atoms with E-state index in [1.54, 1.807) is 19.1 Å². The lowest BCUT2D eigenvalue weighted by molar-refractivity contribution is 0.0753. The molecule has 0 saturated heterocycles. The Morgan fingerprint density at radius 1 is 0.857 bits per heavy atom. The molecule has 3 rings (SSSR count). The fourth-order valence-corrected chi connectivity index (χ4v) is 4.34. The van der Waals surface area contributed by atoms with Gasteiger partial charge in [-0.25, -0.2) is 8.78 Å². The van der Waals surface area contributed by atoms with E-state index in [1.807, 2.05) is 49.9 Å². The number of nitrogens with one attached hydrogen (secondary N) is 1. The van der Waals surface area contributed by atoms with Crippen molar-refractivity contribution in [1.29, 1.82) is 0 Å². The second kappa shape index (κ2) is 18.7. The zero-order valence-corrected chi connectivity index (χ0v) is 25.2. The zero-order valence-electron chi connectivity index (χ0n) is 25.2. The van der Waals surface area contributed by atoms with E-state index in [1.165, 1.54) is 17.7 Å². The van der Waals surface area contributed by atoms with Gasteiger partial charge in [-0.15, -0.1) is 0 Å². The van der Waals surface area contributed by atoms with Crippen molar-refractivity contribution in [3.63, 3.8) is 0 Å². The van der Waals surface area contributed by atoms with Crippen LogP contribution < -0.4 is 5.32 Å². The number of hydrogen-bond acceptors (Lipinski definition) is 4. The molecule has 0 aliphatic rings. The van der Waals surface area contributed by atoms with Gasteiger partial charge < -0.3 is 20.1 Å². The average molecular weight is 583 g/mol. The SMILES string of the molecule is CCCN(CCC)C(=O)c1cc(C)cc(C(=O)NCC(O)CCOCCc2ccccc2)c1.Cc1cc(F)cc(F)c1. The van der Waals surface area contributed by atoms with Crippen LogP contribution in [0.15, 0.2) is 66.7 Å². The Balaban J connectivity index is 0.000000581. The Bertz CT molecular complexity index is 1200. The second-order valence-electron chi connectivity index (χ2n) is 10.3. The third kappa shape index (κ3) is 12.9. The number of halogens is 2. The molecule has 0 saturated carbocycles. The molecule has 0 bridgehead atoms. The van der Waals surface area contributed by atoms with Crippen LogP contribution in [0.4, 0.5) is 8.78 Å². The molecule has 0 aliphatic carbocycles. The summed E-state index contributed by atoms with van der Waals surface area (Å²) in [5, 5.41) is 13.0. The highest BCUT2D eigenvalue weighted by molar-refractivity contribution is 6.00. The van der Waals surface area contributed by atoms with Crippen molar-refractivity contribution < 1.29 is 28.2 Å². The van der Waals surface area contributed by atoms with E-state index in [0.29, 0.717) is 49.4 Å². The minimum atomic E-state index is -0.693. The summed E-state index contributed by atoms with van der Waals surface area (Å²) in [6.07, 6.45) is 2.35. The molecule has 42 heavy (non-hydrogen) atoms. The van der Waals surface area contributed by atoms with Crippen molar-refractivity contribution in [2.24, 2.45) is 0 Å². The standard InChI is InChI=1S/C27H38N2O4.C7H6F2/c1-4-13-29(14-5-2)27(32)24-18-21(3)17-23(19-24)26(31)28-20-25(30)12-16-33-15-11-22-9-7-6-8-10-22;1-5-2-6(8)4-7(9)3-5/h6-10,17-19,25,30H,4-5,11-16,20H2,1-3H3,(H,28,31);2-4H,1H3. The molecule has 2 amide bonds. The number of hydrogen-bond donors (Lipinski definition) is 2. The van der Waals surface area contributed by atoms with Gasteiger partial charge in [-0.3, -0.25) is 9.59 Å². The lowest BCUT2D eigenvalue weighted by atomic mass is 10.0. The maximum Gasteiger partial charge on any atom is 0.253 e. The number of aliphatic hydroxyl groups is 1. The van der Waals surface area contributed by atoms with Crippen molar-refractivity contribution in [1.82, 2.24) is 10.2 Å². The first-order valence-corrected chi connectivity index (χ1v) is 14.5. The molecule has 0 spiro atoms. The largest absolute Gasteiger partial charge is 0.391 e. The van der Waals surface area contributed by atoms with Crippen LogP contribution in [0.1, 0.15) is 70.5 Å². The van der Waals surface area contributed by atoms with Crippen LogP contribution in [0.5, 0.6) is 0 Å². The molecular formula is C34H44F2N2O4. The van der Waals surface area contributed by atoms with Crippen LogP contribution in [0.25, 0.3) is 0 Å². The summed E-state index contributed by atoms with van der Waals surface area (Å²) in [5.41, 5.74) is 3.62. The molecule has 1 unspecified atom stereocenters. The highest BCUT2D eigenvalue weighted by atomic mass is 19.1. The Kier molecular flexibility index (Phi) is 15.4. The average Bonchev–Trinajstić information content (AvgIpc) is 2.95. The van der Waals surface area contributed by atoms with E-state index in [9.17, 15) is 23.5 Å². The van der Waals surface area contributed by atoms with Crippen LogP contribution in [0.2, 0.25) is 0 Å². The van der Waals surface area contributed by atoms with E-state index in [4.69, 9.17) is 4.74 Å². The molecule has 1 atom stereocenters. The van der Waals surface area contributed by atoms with Gasteiger partial charge in [0, 0.05) is 43.4 Å². The Hall–Kier alpha value is -3.62. The fourth-order valence-electron chi connectivity index (χ4n) is 4.34. The number of rotatable bonds is 14. The van der Waals surface area contributed by atoms with E-state index in [2.05, 4.69) is 17.4 Å². The lowest BCUT2D eigenvalue weighted by Gasteiger charge is -2.22. The summed E-state index contributed by atoms with van der Waals surface area (Å²) in [7, 11) is 0. The van der Waals surface area contributed by atoms with E-state index >= 15 is 0 Å². The number of aliphatic hydroxyl groups excluding tert-OH is 1. The highest BCUT2D eigenvalue weighted by Gasteiger charge is 2.17. The number of carbonyl (C=O) groups is 2. The maximum atomic E-state index is 12.9. The minimum absolute atomic E-state index is 0.0517. The number of carbonyl (C=O) groups excluding carboxylic acids is 2. The maximum absolute atomic E-state index is 12.9. The number of aryl methyl sites for hydroxylation is 2. The molecule has 0 fully saturated rings. The van der Waals surface area contributed by atoms with Gasteiger partial charge in [0.25, 0.3) is 11.8 Å². The summed E-state index contributed by atoms with van der Waals surface area (Å²) >= 11 is 0. The molecule has 0 radical (unpaired) electrons. The van der Waals surface area contributed by atoms with Gasteiger partial charge in [0.2, 0.25) is 0 Å². The highest BCUT2D eigenvalue weighted by Crippen LogP contribution is 2.14. The predicted octanol–water partition coefficient (Wildman–Crippen LogP) is 6.27.